The van der Waals surface area contributed by atoms with Crippen LogP contribution in [0.4, 0.5) is 11.4 Å². The Morgan fingerprint density at radius 3 is 2.03 bits per heavy atom. The number of aryl methyl sites for hydroxylation is 1. The lowest BCUT2D eigenvalue weighted by molar-refractivity contribution is -0.120. The summed E-state index contributed by atoms with van der Waals surface area (Å²) < 4.78 is 5.25. The summed E-state index contributed by atoms with van der Waals surface area (Å²) in [6.07, 6.45) is 0.928. The molecule has 3 aromatic rings. The van der Waals surface area contributed by atoms with Gasteiger partial charge in [0.05, 0.1) is 18.4 Å². The smallest absolute Gasteiger partial charge is 0.282 e. The van der Waals surface area contributed by atoms with Crippen molar-refractivity contribution in [1.82, 2.24) is 0 Å². The minimum absolute atomic E-state index is 0.266. The molecule has 0 spiro atoms. The van der Waals surface area contributed by atoms with Crippen LogP contribution in [0.15, 0.2) is 78.5 Å². The summed E-state index contributed by atoms with van der Waals surface area (Å²) in [5.41, 5.74) is 4.92. The Labute approximate surface area is 194 Å². The van der Waals surface area contributed by atoms with Crippen LogP contribution in [0.2, 0.25) is 0 Å². The van der Waals surface area contributed by atoms with Crippen molar-refractivity contribution < 1.29 is 14.3 Å². The number of anilines is 2. The largest absolute Gasteiger partial charge is 0.497 e. The molecule has 0 saturated carbocycles. The van der Waals surface area contributed by atoms with Crippen LogP contribution in [-0.2, 0) is 16.0 Å². The number of nitrogens with one attached hydrogen (secondary N) is 1. The Kier molecular flexibility index (Phi) is 6.31. The average molecular weight is 441 g/mol. The second kappa shape index (κ2) is 9.33. The second-order valence-electron chi connectivity index (χ2n) is 8.35. The van der Waals surface area contributed by atoms with Crippen molar-refractivity contribution >= 4 is 28.8 Å². The van der Waals surface area contributed by atoms with Crippen molar-refractivity contribution in [2.24, 2.45) is 0 Å². The lowest BCUT2D eigenvalue weighted by Gasteiger charge is -2.16. The van der Waals surface area contributed by atoms with Gasteiger partial charge >= 0.3 is 0 Å². The quantitative estimate of drug-likeness (QED) is 0.473. The van der Waals surface area contributed by atoms with Crippen LogP contribution < -0.4 is 15.0 Å². The molecule has 0 fully saturated rings. The Morgan fingerprint density at radius 1 is 0.848 bits per heavy atom. The number of methoxy groups -OCH3 is 1. The van der Waals surface area contributed by atoms with Gasteiger partial charge in [0.1, 0.15) is 11.4 Å². The highest BCUT2D eigenvalue weighted by molar-refractivity contribution is 6.46. The highest BCUT2D eigenvalue weighted by Gasteiger charge is 2.40. The summed E-state index contributed by atoms with van der Waals surface area (Å²) in [5.74, 6) is 0.320. The molecule has 1 aliphatic rings. The molecule has 0 unspecified atom stereocenters. The van der Waals surface area contributed by atoms with E-state index in [0.717, 1.165) is 17.7 Å². The van der Waals surface area contributed by atoms with Gasteiger partial charge in [-0.1, -0.05) is 57.2 Å². The molecule has 1 heterocycles. The summed E-state index contributed by atoms with van der Waals surface area (Å²) in [7, 11) is 1.59. The zero-order chi connectivity index (χ0) is 23.5. The summed E-state index contributed by atoms with van der Waals surface area (Å²) in [4.78, 5) is 28.3. The monoisotopic (exact) mass is 440 g/mol. The van der Waals surface area contributed by atoms with Gasteiger partial charge in [0.2, 0.25) is 0 Å². The zero-order valence-electron chi connectivity index (χ0n) is 19.4. The first-order valence-corrected chi connectivity index (χ1v) is 11.2. The number of hydrogen-bond donors (Lipinski definition) is 1. The molecule has 3 aromatic carbocycles. The first-order valence-electron chi connectivity index (χ1n) is 11.2. The van der Waals surface area contributed by atoms with E-state index in [9.17, 15) is 9.59 Å². The molecule has 0 radical (unpaired) electrons. The third-order valence-electron chi connectivity index (χ3n) is 5.91. The van der Waals surface area contributed by atoms with Crippen LogP contribution in [-0.4, -0.2) is 18.9 Å². The molecule has 0 aliphatic carbocycles. The molecule has 2 amide bonds. The van der Waals surface area contributed by atoms with Crippen molar-refractivity contribution in [3.05, 3.63) is 95.2 Å². The van der Waals surface area contributed by atoms with Crippen LogP contribution in [0.1, 0.15) is 43.4 Å². The Hall–Kier alpha value is -3.86. The van der Waals surface area contributed by atoms with Gasteiger partial charge in [0.25, 0.3) is 11.8 Å². The number of hydrogen-bond acceptors (Lipinski definition) is 4. The number of amides is 2. The van der Waals surface area contributed by atoms with Gasteiger partial charge in [0, 0.05) is 5.69 Å². The molecule has 33 heavy (non-hydrogen) atoms. The number of rotatable bonds is 7. The number of imide groups is 1. The molecule has 168 valence electrons. The predicted octanol–water partition coefficient (Wildman–Crippen LogP) is 5.78. The van der Waals surface area contributed by atoms with Crippen LogP contribution in [0.5, 0.6) is 5.75 Å². The number of carbonyl (C=O) groups excluding carboxylic acids is 2. The van der Waals surface area contributed by atoms with Crippen molar-refractivity contribution in [2.75, 3.05) is 17.3 Å². The molecular formula is C28H28N2O3. The third-order valence-corrected chi connectivity index (χ3v) is 5.91. The highest BCUT2D eigenvalue weighted by atomic mass is 16.5. The molecular weight excluding hydrogens is 412 g/mol. The predicted molar refractivity (Wildman–Crippen MR) is 132 cm³/mol. The molecule has 0 aromatic heterocycles. The second-order valence-corrected chi connectivity index (χ2v) is 8.35. The number of carbonyl (C=O) groups is 2. The maximum absolute atomic E-state index is 13.6. The molecule has 1 N–H and O–H groups in total. The SMILES string of the molecule is CCc1ccc(NC2=C(c3ccc(OC)cc3)C(=O)N(c3ccc(C(C)C)cc3)C2=O)cc1. The number of nitrogens with zero attached hydrogens (tertiary/aromatic N) is 1. The Bertz CT molecular complexity index is 1190. The fraction of sp³-hybridized carbons (Fsp3) is 0.214. The zero-order valence-corrected chi connectivity index (χ0v) is 19.4. The highest BCUT2D eigenvalue weighted by Crippen LogP contribution is 2.35. The first-order chi connectivity index (χ1) is 15.9. The van der Waals surface area contributed by atoms with E-state index in [-0.39, 0.29) is 17.5 Å². The lowest BCUT2D eigenvalue weighted by Crippen LogP contribution is -2.32. The Balaban J connectivity index is 1.76. The fourth-order valence-electron chi connectivity index (χ4n) is 3.88. The van der Waals surface area contributed by atoms with Gasteiger partial charge in [-0.2, -0.15) is 0 Å². The van der Waals surface area contributed by atoms with Crippen molar-refractivity contribution in [1.29, 1.82) is 0 Å². The molecule has 5 heteroatoms. The first kappa shape index (κ1) is 22.3. The minimum atomic E-state index is -0.373. The van der Waals surface area contributed by atoms with E-state index in [4.69, 9.17) is 4.74 Å². The van der Waals surface area contributed by atoms with Crippen LogP contribution in [0.3, 0.4) is 0 Å². The van der Waals surface area contributed by atoms with E-state index >= 15 is 0 Å². The standard InChI is InChI=1S/C28H28N2O3/c1-5-19-6-12-22(13-7-19)29-26-25(21-10-16-24(33-4)17-11-21)27(31)30(28(26)32)23-14-8-20(9-15-23)18(2)3/h6-18,29H,5H2,1-4H3. The molecule has 0 saturated heterocycles. The normalized spacial score (nSPS) is 13.8. The van der Waals surface area contributed by atoms with Crippen LogP contribution in [0, 0.1) is 0 Å². The third kappa shape index (κ3) is 4.40. The maximum Gasteiger partial charge on any atom is 0.282 e. The van der Waals surface area contributed by atoms with Gasteiger partial charge in [-0.25, -0.2) is 4.90 Å². The van der Waals surface area contributed by atoms with Crippen molar-refractivity contribution in [3.63, 3.8) is 0 Å². The van der Waals surface area contributed by atoms with E-state index in [1.807, 2.05) is 48.5 Å². The topological polar surface area (TPSA) is 58.6 Å². The minimum Gasteiger partial charge on any atom is -0.497 e. The molecule has 5 nitrogen and oxygen atoms in total. The lowest BCUT2D eigenvalue weighted by atomic mass is 10.0. The molecule has 1 aliphatic heterocycles. The van der Waals surface area contributed by atoms with Gasteiger partial charge in [-0.3, -0.25) is 9.59 Å². The van der Waals surface area contributed by atoms with E-state index in [1.54, 1.807) is 31.4 Å². The van der Waals surface area contributed by atoms with Crippen molar-refractivity contribution in [3.8, 4) is 5.75 Å². The summed E-state index contributed by atoms with van der Waals surface area (Å²) in [6.45, 7) is 6.31. The van der Waals surface area contributed by atoms with Gasteiger partial charge in [-0.05, 0) is 65.4 Å². The number of benzene rings is 3. The average Bonchev–Trinajstić information content (AvgIpc) is 3.08. The van der Waals surface area contributed by atoms with Gasteiger partial charge < -0.3 is 10.1 Å². The molecule has 0 bridgehead atoms. The van der Waals surface area contributed by atoms with Gasteiger partial charge in [0.15, 0.2) is 0 Å². The summed E-state index contributed by atoms with van der Waals surface area (Å²) >= 11 is 0. The van der Waals surface area contributed by atoms with E-state index in [1.165, 1.54) is 10.5 Å². The van der Waals surface area contributed by atoms with Gasteiger partial charge in [-0.15, -0.1) is 0 Å². The summed E-state index contributed by atoms with van der Waals surface area (Å²) in [6, 6.07) is 22.6. The summed E-state index contributed by atoms with van der Waals surface area (Å²) in [5, 5.41) is 3.22. The molecule has 4 rings (SSSR count). The fourth-order valence-corrected chi connectivity index (χ4v) is 3.88. The molecule has 0 atom stereocenters. The van der Waals surface area contributed by atoms with Crippen LogP contribution in [0.25, 0.3) is 5.57 Å². The maximum atomic E-state index is 13.6. The number of ether oxygens (including phenoxy) is 1. The Morgan fingerprint density at radius 2 is 1.48 bits per heavy atom. The van der Waals surface area contributed by atoms with E-state index < -0.39 is 0 Å². The van der Waals surface area contributed by atoms with E-state index in [0.29, 0.717) is 28.5 Å². The van der Waals surface area contributed by atoms with E-state index in [2.05, 4.69) is 26.1 Å². The van der Waals surface area contributed by atoms with Crippen LogP contribution >= 0.6 is 0 Å². The van der Waals surface area contributed by atoms with Crippen molar-refractivity contribution in [2.45, 2.75) is 33.1 Å².